The van der Waals surface area contributed by atoms with E-state index in [9.17, 15) is 4.79 Å². The van der Waals surface area contributed by atoms with Crippen LogP contribution in [0.2, 0.25) is 0 Å². The molecule has 132 valence electrons. The molecule has 2 atom stereocenters. The lowest BCUT2D eigenvalue weighted by Crippen LogP contribution is -2.11. The highest BCUT2D eigenvalue weighted by Gasteiger charge is 2.61. The number of rotatable bonds is 9. The first-order valence-corrected chi connectivity index (χ1v) is 9.28. The maximum atomic E-state index is 12.1. The van der Waals surface area contributed by atoms with E-state index in [2.05, 4.69) is 11.1 Å². The maximum Gasteiger partial charge on any atom is 0.310 e. The molecule has 1 heterocycles. The second-order valence-corrected chi connectivity index (χ2v) is 7.94. The zero-order valence-corrected chi connectivity index (χ0v) is 15.8. The number of hydrogen-bond acceptors (Lipinski definition) is 3. The number of halogens is 2. The quantitative estimate of drug-likeness (QED) is 0.436. The molecule has 3 nitrogen and oxygen atoms in total. The number of aromatic nitrogens is 1. The van der Waals surface area contributed by atoms with E-state index in [0.717, 1.165) is 37.8 Å². The van der Waals surface area contributed by atoms with E-state index in [0.29, 0.717) is 6.61 Å². The fraction of sp³-hybridized carbons (Fsp3) is 0.579. The Hall–Kier alpha value is -1.06. The van der Waals surface area contributed by atoms with Crippen LogP contribution < -0.4 is 0 Å². The summed E-state index contributed by atoms with van der Waals surface area (Å²) in [7, 11) is 0. The van der Waals surface area contributed by atoms with Gasteiger partial charge in [0.2, 0.25) is 0 Å². The van der Waals surface area contributed by atoms with Crippen LogP contribution in [0.5, 0.6) is 0 Å². The van der Waals surface area contributed by atoms with E-state index in [1.807, 2.05) is 32.2 Å². The number of carbonyl (C=O) groups excluding carboxylic acids is 1. The van der Waals surface area contributed by atoms with Gasteiger partial charge in [-0.2, -0.15) is 0 Å². The van der Waals surface area contributed by atoms with Gasteiger partial charge in [0.1, 0.15) is 4.49 Å². The number of allylic oxidation sites excluding steroid dienone is 1. The molecule has 0 spiro atoms. The number of nitrogens with zero attached hydrogens (tertiary/aromatic N) is 1. The van der Waals surface area contributed by atoms with Crippen molar-refractivity contribution in [1.82, 2.24) is 4.98 Å². The first-order valence-electron chi connectivity index (χ1n) is 8.52. The van der Waals surface area contributed by atoms with Crippen LogP contribution in [0.1, 0.15) is 45.2 Å². The van der Waals surface area contributed by atoms with Gasteiger partial charge in [-0.3, -0.25) is 9.78 Å². The van der Waals surface area contributed by atoms with E-state index in [1.165, 1.54) is 0 Å². The zero-order valence-electron chi connectivity index (χ0n) is 14.3. The molecular weight excluding hydrogens is 345 g/mol. The summed E-state index contributed by atoms with van der Waals surface area (Å²) in [5.74, 6) is -0.188. The summed E-state index contributed by atoms with van der Waals surface area (Å²) < 4.78 is 5.63. The Morgan fingerprint density at radius 2 is 2.00 bits per heavy atom. The minimum Gasteiger partial charge on any atom is -0.465 e. The van der Waals surface area contributed by atoms with E-state index in [-0.39, 0.29) is 27.7 Å². The van der Waals surface area contributed by atoms with E-state index in [1.54, 1.807) is 6.08 Å². The van der Waals surface area contributed by atoms with Gasteiger partial charge in [-0.15, -0.1) is 0 Å². The molecule has 1 aromatic rings. The van der Waals surface area contributed by atoms with Gasteiger partial charge in [-0.1, -0.05) is 56.0 Å². The van der Waals surface area contributed by atoms with Crippen molar-refractivity contribution in [1.29, 1.82) is 0 Å². The lowest BCUT2D eigenvalue weighted by atomic mass is 10.1. The molecule has 0 amide bonds. The van der Waals surface area contributed by atoms with E-state index in [4.69, 9.17) is 27.9 Å². The molecule has 2 unspecified atom stereocenters. The molecule has 0 saturated heterocycles. The maximum absolute atomic E-state index is 12.1. The smallest absolute Gasteiger partial charge is 0.310 e. The first-order chi connectivity index (χ1) is 11.4. The number of esters is 1. The van der Waals surface area contributed by atoms with Gasteiger partial charge in [0.05, 0.1) is 12.5 Å². The van der Waals surface area contributed by atoms with Gasteiger partial charge in [0.15, 0.2) is 0 Å². The van der Waals surface area contributed by atoms with Crippen molar-refractivity contribution in [2.75, 3.05) is 6.61 Å². The van der Waals surface area contributed by atoms with Crippen molar-refractivity contribution in [2.24, 2.45) is 17.3 Å². The zero-order chi connectivity index (χ0) is 17.6. The van der Waals surface area contributed by atoms with Crippen molar-refractivity contribution in [3.8, 4) is 0 Å². The number of pyridine rings is 1. The van der Waals surface area contributed by atoms with Crippen LogP contribution in [0.25, 0.3) is 0 Å². The van der Waals surface area contributed by atoms with Gasteiger partial charge < -0.3 is 4.74 Å². The van der Waals surface area contributed by atoms with Crippen LogP contribution >= 0.6 is 23.2 Å². The predicted octanol–water partition coefficient (Wildman–Crippen LogP) is 5.32. The Morgan fingerprint density at radius 3 is 2.67 bits per heavy atom. The fourth-order valence-corrected chi connectivity index (χ4v) is 3.42. The molecule has 0 aromatic carbocycles. The van der Waals surface area contributed by atoms with Crippen LogP contribution in [0.4, 0.5) is 0 Å². The summed E-state index contributed by atoms with van der Waals surface area (Å²) in [5, 5.41) is 0. The molecular formula is C19H25Cl2NO2. The highest BCUT2D eigenvalue weighted by Crippen LogP contribution is 2.60. The molecule has 1 fully saturated rings. The van der Waals surface area contributed by atoms with Crippen molar-refractivity contribution in [3.05, 3.63) is 40.7 Å². The Bertz CT molecular complexity index is 568. The molecule has 2 rings (SSSR count). The highest BCUT2D eigenvalue weighted by atomic mass is 35.5. The molecule has 0 bridgehead atoms. The lowest BCUT2D eigenvalue weighted by Gasteiger charge is -2.06. The van der Waals surface area contributed by atoms with Gasteiger partial charge in [0.25, 0.3) is 0 Å². The number of aryl methyl sites for hydroxylation is 1. The van der Waals surface area contributed by atoms with Gasteiger partial charge in [-0.05, 0) is 48.8 Å². The van der Waals surface area contributed by atoms with Crippen LogP contribution in [-0.4, -0.2) is 17.6 Å². The summed E-state index contributed by atoms with van der Waals surface area (Å²) in [6, 6.07) is 6.00. The lowest BCUT2D eigenvalue weighted by molar-refractivity contribution is -0.146. The number of carbonyl (C=O) groups is 1. The molecule has 0 radical (unpaired) electrons. The van der Waals surface area contributed by atoms with Crippen LogP contribution in [0.3, 0.4) is 0 Å². The molecule has 1 aromatic heterocycles. The second-order valence-electron chi connectivity index (χ2n) is 6.93. The minimum absolute atomic E-state index is 0.0772. The van der Waals surface area contributed by atoms with Gasteiger partial charge in [0, 0.05) is 11.9 Å². The molecule has 0 N–H and O–H groups in total. The largest absolute Gasteiger partial charge is 0.465 e. The molecule has 24 heavy (non-hydrogen) atoms. The van der Waals surface area contributed by atoms with E-state index < -0.39 is 0 Å². The second kappa shape index (κ2) is 8.87. The first kappa shape index (κ1) is 19.3. The molecule has 1 aliphatic carbocycles. The average Bonchev–Trinajstić information content (AvgIpc) is 3.07. The third-order valence-electron chi connectivity index (χ3n) is 4.77. The summed E-state index contributed by atoms with van der Waals surface area (Å²) in [6.45, 7) is 4.56. The number of unbranched alkanes of at least 4 members (excludes halogenated alkanes) is 3. The number of hydrogen-bond donors (Lipinski definition) is 0. The van der Waals surface area contributed by atoms with Crippen LogP contribution in [0.15, 0.2) is 35.0 Å². The van der Waals surface area contributed by atoms with Crippen LogP contribution in [0, 0.1) is 17.3 Å². The van der Waals surface area contributed by atoms with Crippen molar-refractivity contribution < 1.29 is 9.53 Å². The average molecular weight is 370 g/mol. The summed E-state index contributed by atoms with van der Waals surface area (Å²) in [5.41, 5.74) is 1.02. The standard InChI is InChI=1S/C19H25Cl2NO2/c1-19(2)15(13-16(20)21)17(19)18(23)24-12-8-4-3-5-9-14-10-6-7-11-22-14/h6-7,10-11,13,15,17H,3-5,8-9,12H2,1-2H3. The topological polar surface area (TPSA) is 39.2 Å². The predicted molar refractivity (Wildman–Crippen MR) is 97.9 cm³/mol. The minimum atomic E-state index is -0.135. The van der Waals surface area contributed by atoms with Gasteiger partial charge in [-0.25, -0.2) is 0 Å². The summed E-state index contributed by atoms with van der Waals surface area (Å²) in [4.78, 5) is 16.5. The molecule has 1 aliphatic rings. The SMILES string of the molecule is CC1(C)C(C=C(Cl)Cl)C1C(=O)OCCCCCCc1ccccn1. The molecule has 0 aliphatic heterocycles. The Morgan fingerprint density at radius 1 is 1.25 bits per heavy atom. The van der Waals surface area contributed by atoms with Crippen LogP contribution in [-0.2, 0) is 16.0 Å². The third-order valence-corrected chi connectivity index (χ3v) is 5.02. The summed E-state index contributed by atoms with van der Waals surface area (Å²) in [6.07, 6.45) is 8.77. The third kappa shape index (κ3) is 5.49. The Labute approximate surface area is 154 Å². The molecule has 1 saturated carbocycles. The van der Waals surface area contributed by atoms with Crippen molar-refractivity contribution >= 4 is 29.2 Å². The fourth-order valence-electron chi connectivity index (χ4n) is 3.14. The monoisotopic (exact) mass is 369 g/mol. The number of ether oxygens (including phenoxy) is 1. The summed E-state index contributed by atoms with van der Waals surface area (Å²) >= 11 is 11.4. The van der Waals surface area contributed by atoms with E-state index >= 15 is 0 Å². The van der Waals surface area contributed by atoms with Gasteiger partial charge >= 0.3 is 5.97 Å². The Balaban J connectivity index is 1.56. The van der Waals surface area contributed by atoms with Crippen molar-refractivity contribution in [3.63, 3.8) is 0 Å². The van der Waals surface area contributed by atoms with Crippen molar-refractivity contribution in [2.45, 2.75) is 46.0 Å². The normalized spacial score (nSPS) is 21.2. The molecule has 5 heteroatoms. The Kier molecular flexibility index (Phi) is 7.12. The highest BCUT2D eigenvalue weighted by molar-refractivity contribution is 6.55.